The van der Waals surface area contributed by atoms with Gasteiger partial charge in [-0.15, -0.1) is 18.0 Å². The van der Waals surface area contributed by atoms with Crippen LogP contribution in [-0.4, -0.2) is 39.2 Å². The Bertz CT molecular complexity index is 1180. The number of terminal acetylenes is 1. The highest BCUT2D eigenvalue weighted by Gasteiger charge is 2.23. The molecule has 7 nitrogen and oxygen atoms in total. The van der Waals surface area contributed by atoms with Crippen LogP contribution in [-0.2, 0) is 0 Å². The summed E-state index contributed by atoms with van der Waals surface area (Å²) in [4.78, 5) is 25.2. The summed E-state index contributed by atoms with van der Waals surface area (Å²) < 4.78 is 0. The number of halogens is 1. The van der Waals surface area contributed by atoms with Crippen molar-refractivity contribution >= 4 is 34.4 Å². The van der Waals surface area contributed by atoms with E-state index >= 15 is 0 Å². The Labute approximate surface area is 192 Å². The lowest BCUT2D eigenvalue weighted by molar-refractivity contribution is 0.0929. The van der Waals surface area contributed by atoms with Crippen LogP contribution in [0.3, 0.4) is 0 Å². The Morgan fingerprint density at radius 1 is 1.41 bits per heavy atom. The fraction of sp³-hybridized carbons (Fsp3) is 0.292. The van der Waals surface area contributed by atoms with Crippen LogP contribution in [0, 0.1) is 26.2 Å². The molecule has 1 aromatic heterocycles. The number of aryl methyl sites for hydroxylation is 1. The lowest BCUT2D eigenvalue weighted by atomic mass is 9.97. The van der Waals surface area contributed by atoms with E-state index < -0.39 is 11.9 Å². The number of amides is 1. The highest BCUT2D eigenvalue weighted by Crippen LogP contribution is 2.29. The summed E-state index contributed by atoms with van der Waals surface area (Å²) in [5.74, 6) is 3.21. The molecular weight excluding hydrogens is 426 g/mol. The molecule has 1 unspecified atom stereocenters. The molecular formula is C24H26ClN5O2. The van der Waals surface area contributed by atoms with Crippen molar-refractivity contribution in [1.29, 1.82) is 0 Å². The van der Waals surface area contributed by atoms with Crippen molar-refractivity contribution in [3.63, 3.8) is 0 Å². The molecule has 1 heterocycles. The van der Waals surface area contributed by atoms with E-state index in [2.05, 4.69) is 26.2 Å². The number of aromatic nitrogens is 2. The Morgan fingerprint density at radius 3 is 2.84 bits per heavy atom. The highest BCUT2D eigenvalue weighted by atomic mass is 35.5. The number of aromatic amines is 1. The summed E-state index contributed by atoms with van der Waals surface area (Å²) >= 11 is 5.67. The Morgan fingerprint density at radius 2 is 2.16 bits per heavy atom. The van der Waals surface area contributed by atoms with Crippen LogP contribution in [0.25, 0.3) is 11.0 Å². The van der Waals surface area contributed by atoms with Crippen molar-refractivity contribution in [1.82, 2.24) is 15.3 Å². The molecule has 1 amide bonds. The van der Waals surface area contributed by atoms with E-state index in [-0.39, 0.29) is 17.2 Å². The number of hydrogen-bond acceptors (Lipinski definition) is 4. The summed E-state index contributed by atoms with van der Waals surface area (Å²) in [6.07, 6.45) is 6.75. The van der Waals surface area contributed by atoms with E-state index in [1.165, 1.54) is 0 Å². The predicted octanol–water partition coefficient (Wildman–Crippen LogP) is 3.71. The number of phenols is 1. The molecule has 8 heteroatoms. The van der Waals surface area contributed by atoms with Crippen molar-refractivity contribution < 1.29 is 9.90 Å². The van der Waals surface area contributed by atoms with E-state index in [4.69, 9.17) is 23.8 Å². The fourth-order valence-corrected chi connectivity index (χ4v) is 3.66. The highest BCUT2D eigenvalue weighted by molar-refractivity contribution is 6.27. The summed E-state index contributed by atoms with van der Waals surface area (Å²) in [6, 6.07) is 8.83. The number of fused-ring (bicyclic) bond motifs is 1. The topological polar surface area (TPSA) is 116 Å². The molecule has 1 atom stereocenters. The minimum atomic E-state index is -0.422. The number of rotatable bonds is 8. The third kappa shape index (κ3) is 5.04. The number of carbonyl (C=O) groups excluding carboxylic acids is 1. The largest absolute Gasteiger partial charge is 0.507 e. The molecule has 0 spiro atoms. The summed E-state index contributed by atoms with van der Waals surface area (Å²) in [5.41, 5.74) is 9.35. The molecule has 0 aliphatic rings. The van der Waals surface area contributed by atoms with Crippen LogP contribution in [0.15, 0.2) is 35.3 Å². The maximum Gasteiger partial charge on any atom is 0.255 e. The van der Waals surface area contributed by atoms with Crippen molar-refractivity contribution in [2.75, 3.05) is 12.4 Å². The fourth-order valence-electron chi connectivity index (χ4n) is 3.58. The zero-order valence-corrected chi connectivity index (χ0v) is 18.8. The number of benzene rings is 2. The third-order valence-corrected chi connectivity index (χ3v) is 5.55. The van der Waals surface area contributed by atoms with E-state index in [0.717, 1.165) is 16.6 Å². The maximum absolute atomic E-state index is 13.1. The molecule has 32 heavy (non-hydrogen) atoms. The van der Waals surface area contributed by atoms with Crippen LogP contribution in [0.5, 0.6) is 5.75 Å². The Balaban J connectivity index is 1.88. The quantitative estimate of drug-likeness (QED) is 0.137. The van der Waals surface area contributed by atoms with Crippen LogP contribution in [0.4, 0.5) is 0 Å². The summed E-state index contributed by atoms with van der Waals surface area (Å²) in [6.45, 7) is 3.99. The molecule has 5 N–H and O–H groups in total. The number of alkyl halides is 1. The number of para-hydroxylation sites is 2. The lowest BCUT2D eigenvalue weighted by Crippen LogP contribution is -2.30. The van der Waals surface area contributed by atoms with Crippen LogP contribution >= 0.6 is 11.6 Å². The first-order chi connectivity index (χ1) is 15.3. The van der Waals surface area contributed by atoms with Gasteiger partial charge in [0.2, 0.25) is 0 Å². The normalized spacial score (nSPS) is 12.5. The first kappa shape index (κ1) is 23.2. The van der Waals surface area contributed by atoms with Gasteiger partial charge in [0.1, 0.15) is 17.4 Å². The first-order valence-corrected chi connectivity index (χ1v) is 10.8. The van der Waals surface area contributed by atoms with Gasteiger partial charge in [0, 0.05) is 17.7 Å². The number of carbonyl (C=O) groups is 1. The SMILES string of the molecule is C#Cc1c(C)cc(C(=O)NC(CCCN=C(N)CCl)c2nc3ccccc3[nH]2)c(O)c1C. The minimum absolute atomic E-state index is 0.121. The van der Waals surface area contributed by atoms with Gasteiger partial charge >= 0.3 is 0 Å². The molecule has 0 aliphatic heterocycles. The standard InChI is InChI=1S/C24H26ClN5O2/c1-4-16-14(2)12-17(22(31)15(16)3)24(32)30-20(10-7-11-27-21(26)13-25)23-28-18-8-5-6-9-19(18)29-23/h1,5-6,8-9,12,20,31H,7,10-11,13H2,2-3H3,(H2,26,27)(H,28,29)(H,30,32). The van der Waals surface area contributed by atoms with Crippen molar-refractivity contribution in [2.45, 2.75) is 32.7 Å². The number of nitrogens with two attached hydrogens (primary N) is 1. The molecule has 2 aromatic carbocycles. The van der Waals surface area contributed by atoms with Crippen LogP contribution in [0.2, 0.25) is 0 Å². The van der Waals surface area contributed by atoms with E-state index in [0.29, 0.717) is 42.2 Å². The molecule has 0 bridgehead atoms. The van der Waals surface area contributed by atoms with Gasteiger partial charge in [0.15, 0.2) is 0 Å². The summed E-state index contributed by atoms with van der Waals surface area (Å²) in [5, 5.41) is 13.6. The van der Waals surface area contributed by atoms with Crippen molar-refractivity contribution in [3.8, 4) is 18.1 Å². The number of aromatic hydroxyl groups is 1. The second-order valence-corrected chi connectivity index (χ2v) is 7.82. The zero-order valence-electron chi connectivity index (χ0n) is 18.1. The van der Waals surface area contributed by atoms with Crippen LogP contribution in [0.1, 0.15) is 51.8 Å². The van der Waals surface area contributed by atoms with Gasteiger partial charge in [-0.2, -0.15) is 0 Å². The number of aliphatic imine (C=N–C) groups is 1. The molecule has 0 radical (unpaired) electrons. The summed E-state index contributed by atoms with van der Waals surface area (Å²) in [7, 11) is 0. The lowest BCUT2D eigenvalue weighted by Gasteiger charge is -2.18. The van der Waals surface area contributed by atoms with E-state index in [9.17, 15) is 9.90 Å². The van der Waals surface area contributed by atoms with Gasteiger partial charge in [0.05, 0.1) is 28.5 Å². The third-order valence-electron chi connectivity index (χ3n) is 5.28. The van der Waals surface area contributed by atoms with Crippen molar-refractivity contribution in [2.24, 2.45) is 10.7 Å². The zero-order chi connectivity index (χ0) is 23.3. The first-order valence-electron chi connectivity index (χ1n) is 10.3. The molecule has 166 valence electrons. The monoisotopic (exact) mass is 451 g/mol. The van der Waals surface area contributed by atoms with Crippen LogP contribution < -0.4 is 11.1 Å². The molecule has 0 saturated heterocycles. The molecule has 0 fully saturated rings. The number of nitrogens with one attached hydrogen (secondary N) is 2. The Hall–Kier alpha value is -3.50. The molecule has 0 aliphatic carbocycles. The van der Waals surface area contributed by atoms with Gasteiger partial charge < -0.3 is 21.1 Å². The number of H-pyrrole nitrogens is 1. The maximum atomic E-state index is 13.1. The molecule has 0 saturated carbocycles. The number of amidine groups is 1. The van der Waals surface area contributed by atoms with Gasteiger partial charge in [-0.25, -0.2) is 4.98 Å². The molecule has 3 rings (SSSR count). The number of nitrogens with zero attached hydrogens (tertiary/aromatic N) is 2. The van der Waals surface area contributed by atoms with Gasteiger partial charge in [0.25, 0.3) is 5.91 Å². The van der Waals surface area contributed by atoms with E-state index in [1.807, 2.05) is 31.2 Å². The second-order valence-electron chi connectivity index (χ2n) is 7.55. The van der Waals surface area contributed by atoms with Gasteiger partial charge in [-0.1, -0.05) is 18.1 Å². The second kappa shape index (κ2) is 10.2. The Kier molecular flexibility index (Phi) is 7.39. The number of imidazole rings is 1. The number of phenolic OH excluding ortho intramolecular Hbond substituents is 1. The smallest absolute Gasteiger partial charge is 0.255 e. The molecule has 3 aromatic rings. The average Bonchev–Trinajstić information content (AvgIpc) is 3.22. The number of hydrogen-bond donors (Lipinski definition) is 4. The van der Waals surface area contributed by atoms with E-state index in [1.54, 1.807) is 13.0 Å². The van der Waals surface area contributed by atoms with Crippen molar-refractivity contribution in [3.05, 3.63) is 58.4 Å². The van der Waals surface area contributed by atoms with Gasteiger partial charge in [-0.05, 0) is 50.5 Å². The predicted molar refractivity (Wildman–Crippen MR) is 128 cm³/mol. The minimum Gasteiger partial charge on any atom is -0.507 e. The average molecular weight is 452 g/mol. The van der Waals surface area contributed by atoms with Gasteiger partial charge in [-0.3, -0.25) is 9.79 Å².